The molecule has 12 aromatic rings. The number of aromatic nitrogens is 3. The number of nitrogens with one attached hydrogen (secondary N) is 1. The summed E-state index contributed by atoms with van der Waals surface area (Å²) in [5.41, 5.74) is 10.6. The van der Waals surface area contributed by atoms with E-state index in [4.69, 9.17) is 9.98 Å². The summed E-state index contributed by atoms with van der Waals surface area (Å²) in [6, 6.07) is 73.0. The number of allylic oxidation sites excluding steroid dienone is 4. The first kappa shape index (κ1) is 42.4. The van der Waals surface area contributed by atoms with E-state index in [0.29, 0.717) is 39.9 Å². The fourth-order valence-electron chi connectivity index (χ4n) is 11.1. The van der Waals surface area contributed by atoms with Gasteiger partial charge in [-0.15, -0.1) is 0 Å². The number of alkyl halides is 3. The third-order valence-electron chi connectivity index (χ3n) is 14.3. The number of halogens is 3. The van der Waals surface area contributed by atoms with Crippen LogP contribution in [0.2, 0.25) is 0 Å². The van der Waals surface area contributed by atoms with E-state index in [1.54, 1.807) is 6.08 Å². The van der Waals surface area contributed by atoms with E-state index in [0.717, 1.165) is 78.1 Å². The summed E-state index contributed by atoms with van der Waals surface area (Å²) in [4.78, 5) is 10.3. The minimum Gasteiger partial charge on any atom is -0.324 e. The summed E-state index contributed by atoms with van der Waals surface area (Å²) in [5.74, 6) is 1.52. The number of hydrogen-bond donors (Lipinski definition) is 1. The molecule has 0 saturated heterocycles. The topological polar surface area (TPSA) is 51.5 Å². The molecule has 4 heterocycles. The van der Waals surface area contributed by atoms with Gasteiger partial charge in [-0.3, -0.25) is 0 Å². The number of rotatable bonds is 5. The van der Waals surface area contributed by atoms with E-state index in [-0.39, 0.29) is 0 Å². The Morgan fingerprint density at radius 1 is 0.411 bits per heavy atom. The van der Waals surface area contributed by atoms with Gasteiger partial charge in [0.1, 0.15) is 11.7 Å². The zero-order valence-electron chi connectivity index (χ0n) is 39.0. The maximum absolute atomic E-state index is 14.5. The van der Waals surface area contributed by atoms with Crippen molar-refractivity contribution < 1.29 is 13.2 Å². The first-order chi connectivity index (χ1) is 35.8. The predicted molar refractivity (Wildman–Crippen MR) is 293 cm³/mol. The molecule has 0 saturated carbocycles. The van der Waals surface area contributed by atoms with Crippen LogP contribution in [0.1, 0.15) is 17.5 Å². The molecule has 0 spiro atoms. The highest BCUT2D eigenvalue weighted by atomic mass is 19.4. The summed E-state index contributed by atoms with van der Waals surface area (Å²) in [7, 11) is 0. The summed E-state index contributed by atoms with van der Waals surface area (Å²) in [6.07, 6.45) is -0.212. The van der Waals surface area contributed by atoms with E-state index < -0.39 is 11.7 Å². The SMILES string of the molecule is FC(F)(F)C1=CC(=c2ccc(-n3c4cc(-n5c6ccccc6c6ccccc65)ccc4c4ccc(-n5c6ccccc6c6ccccc65)cc43)cc2=C2N=C(c3ccccc3)N=C(c3ccccc3)N2)CC=C1. The fourth-order valence-corrected chi connectivity index (χ4v) is 11.1. The van der Waals surface area contributed by atoms with Gasteiger partial charge in [-0.25, -0.2) is 9.98 Å². The van der Waals surface area contributed by atoms with Crippen molar-refractivity contribution in [2.45, 2.75) is 12.6 Å². The molecule has 1 N–H and O–H groups in total. The van der Waals surface area contributed by atoms with Crippen molar-refractivity contribution in [1.29, 1.82) is 0 Å². The molecule has 0 bridgehead atoms. The highest BCUT2D eigenvalue weighted by Gasteiger charge is 2.33. The van der Waals surface area contributed by atoms with Gasteiger partial charge in [0.05, 0.1) is 38.7 Å². The van der Waals surface area contributed by atoms with Gasteiger partial charge in [-0.2, -0.15) is 13.2 Å². The van der Waals surface area contributed by atoms with Crippen LogP contribution in [0.4, 0.5) is 13.2 Å². The minimum absolute atomic E-state index is 0.299. The Kier molecular flexibility index (Phi) is 9.63. The van der Waals surface area contributed by atoms with Gasteiger partial charge < -0.3 is 19.0 Å². The van der Waals surface area contributed by atoms with Crippen LogP contribution >= 0.6 is 0 Å². The van der Waals surface area contributed by atoms with E-state index in [2.05, 4.69) is 159 Å². The molecule has 0 amide bonds. The molecule has 0 radical (unpaired) electrons. The fraction of sp³-hybridized carbons (Fsp3) is 0.0312. The average molecular weight is 951 g/mol. The zero-order chi connectivity index (χ0) is 48.8. The molecule has 6 nitrogen and oxygen atoms in total. The van der Waals surface area contributed by atoms with E-state index in [1.807, 2.05) is 72.8 Å². The van der Waals surface area contributed by atoms with Gasteiger partial charge in [0, 0.05) is 65.7 Å². The van der Waals surface area contributed by atoms with Crippen LogP contribution in [0.5, 0.6) is 0 Å². The number of aliphatic imine (C=N–C) groups is 2. The van der Waals surface area contributed by atoms with Crippen molar-refractivity contribution in [2.24, 2.45) is 9.98 Å². The van der Waals surface area contributed by atoms with E-state index in [1.165, 1.54) is 27.6 Å². The number of para-hydroxylation sites is 4. The van der Waals surface area contributed by atoms with Gasteiger partial charge in [0.25, 0.3) is 0 Å². The molecule has 3 aromatic heterocycles. The Labute approximate surface area is 416 Å². The van der Waals surface area contributed by atoms with Crippen LogP contribution in [0.25, 0.3) is 93.9 Å². The van der Waals surface area contributed by atoms with Crippen molar-refractivity contribution >= 4 is 88.5 Å². The zero-order valence-corrected chi connectivity index (χ0v) is 39.0. The van der Waals surface area contributed by atoms with Crippen molar-refractivity contribution in [3.8, 4) is 17.1 Å². The largest absolute Gasteiger partial charge is 0.416 e. The molecule has 2 aliphatic rings. The van der Waals surface area contributed by atoms with Crippen LogP contribution in [0.15, 0.2) is 246 Å². The smallest absolute Gasteiger partial charge is 0.324 e. The highest BCUT2D eigenvalue weighted by molar-refractivity contribution is 6.17. The number of hydrogen-bond acceptors (Lipinski definition) is 3. The quantitative estimate of drug-likeness (QED) is 0.184. The first-order valence-corrected chi connectivity index (χ1v) is 24.3. The Morgan fingerprint density at radius 3 is 1.37 bits per heavy atom. The van der Waals surface area contributed by atoms with Crippen LogP contribution in [-0.2, 0) is 0 Å². The standard InChI is InChI=1S/C64H41F3N6/c65-64(66,67)43-21-15-20-42(36-43)47-33-30-44(37-54(47)63-69-61(40-16-3-1-4-17-40)68-62(70-63)41-18-5-2-6-19-41)73-59-38-45(71-55-26-11-7-22-48(55)49-23-8-12-27-56(49)71)31-34-52(59)53-35-32-46(39-60(53)73)72-57-28-13-9-24-50(57)51-25-10-14-29-58(51)72/h1-19,21-39H,20H2,(H,68,69,70). The average Bonchev–Trinajstić information content (AvgIpc) is 4.08. The second kappa shape index (κ2) is 16.6. The molecule has 14 rings (SSSR count). The normalized spacial score (nSPS) is 15.6. The van der Waals surface area contributed by atoms with Crippen molar-refractivity contribution in [1.82, 2.24) is 19.0 Å². The lowest BCUT2D eigenvalue weighted by Gasteiger charge is -2.19. The Balaban J connectivity index is 1.10. The second-order valence-corrected chi connectivity index (χ2v) is 18.5. The molecule has 1 aliphatic carbocycles. The third-order valence-corrected chi connectivity index (χ3v) is 14.3. The number of amidine groups is 2. The maximum Gasteiger partial charge on any atom is 0.416 e. The minimum atomic E-state index is -4.53. The van der Waals surface area contributed by atoms with Gasteiger partial charge in [0.2, 0.25) is 0 Å². The lowest BCUT2D eigenvalue weighted by atomic mass is 9.98. The molecule has 9 heteroatoms. The highest BCUT2D eigenvalue weighted by Crippen LogP contribution is 2.39. The van der Waals surface area contributed by atoms with E-state index >= 15 is 0 Å². The van der Waals surface area contributed by atoms with Gasteiger partial charge in [0.15, 0.2) is 5.84 Å². The third kappa shape index (κ3) is 6.95. The molecule has 0 unspecified atom stereocenters. The van der Waals surface area contributed by atoms with Crippen molar-refractivity contribution in [2.75, 3.05) is 0 Å². The van der Waals surface area contributed by atoms with Crippen molar-refractivity contribution in [3.05, 3.63) is 258 Å². The van der Waals surface area contributed by atoms with Crippen LogP contribution in [0.3, 0.4) is 0 Å². The molecule has 73 heavy (non-hydrogen) atoms. The Hall–Kier alpha value is -9.47. The number of nitrogens with zero attached hydrogens (tertiary/aromatic N) is 5. The lowest BCUT2D eigenvalue weighted by Crippen LogP contribution is -2.38. The molecule has 1 aliphatic heterocycles. The Bertz CT molecular complexity index is 4250. The monoisotopic (exact) mass is 950 g/mol. The number of fused-ring (bicyclic) bond motifs is 9. The molecule has 0 fully saturated rings. The van der Waals surface area contributed by atoms with E-state index in [9.17, 15) is 13.2 Å². The molecular weight excluding hydrogens is 910 g/mol. The molecule has 348 valence electrons. The first-order valence-electron chi connectivity index (χ1n) is 24.3. The van der Waals surface area contributed by atoms with Gasteiger partial charge >= 0.3 is 6.18 Å². The molecule has 9 aromatic carbocycles. The summed E-state index contributed by atoms with van der Waals surface area (Å²) < 4.78 is 50.5. The van der Waals surface area contributed by atoms with Crippen LogP contribution in [-0.4, -0.2) is 31.5 Å². The molecular formula is C64H41F3N6. The number of benzene rings is 9. The maximum atomic E-state index is 14.5. The summed E-state index contributed by atoms with van der Waals surface area (Å²) in [6.45, 7) is 0. The molecule has 0 atom stereocenters. The predicted octanol–water partition coefficient (Wildman–Crippen LogP) is 14.1. The summed E-state index contributed by atoms with van der Waals surface area (Å²) in [5, 5.41) is 11.6. The van der Waals surface area contributed by atoms with Crippen LogP contribution in [0, 0.1) is 0 Å². The second-order valence-electron chi connectivity index (χ2n) is 18.5. The Morgan fingerprint density at radius 2 is 0.849 bits per heavy atom. The van der Waals surface area contributed by atoms with Crippen molar-refractivity contribution in [3.63, 3.8) is 0 Å². The summed E-state index contributed by atoms with van der Waals surface area (Å²) >= 11 is 0. The van der Waals surface area contributed by atoms with Gasteiger partial charge in [-0.05, 0) is 84.0 Å². The van der Waals surface area contributed by atoms with Crippen LogP contribution < -0.4 is 15.8 Å². The van der Waals surface area contributed by atoms with Gasteiger partial charge in [-0.1, -0.05) is 164 Å². The lowest BCUT2D eigenvalue weighted by molar-refractivity contribution is -0.0882.